The highest BCUT2D eigenvalue weighted by Crippen LogP contribution is 2.21. The van der Waals surface area contributed by atoms with Crippen LogP contribution in [0.2, 0.25) is 0 Å². The first kappa shape index (κ1) is 11.9. The Bertz CT molecular complexity index is 964. The molecule has 0 saturated heterocycles. The van der Waals surface area contributed by atoms with Crippen LogP contribution in [0, 0.1) is 0 Å². The molecule has 0 fully saturated rings. The standard InChI is InChI=1S/C18H12N2O/c21-18(20-12-10-13-5-1-2-9-16(13)20)15-8-3-6-14-7-4-11-19-17(14)15/h1-12H. The van der Waals surface area contributed by atoms with Gasteiger partial charge >= 0.3 is 0 Å². The van der Waals surface area contributed by atoms with Crippen molar-refractivity contribution in [3.05, 3.63) is 78.6 Å². The molecule has 4 rings (SSSR count). The summed E-state index contributed by atoms with van der Waals surface area (Å²) >= 11 is 0. The lowest BCUT2D eigenvalue weighted by Gasteiger charge is -2.07. The number of nitrogens with zero attached hydrogens (tertiary/aromatic N) is 2. The molecule has 2 heterocycles. The predicted octanol–water partition coefficient (Wildman–Crippen LogP) is 3.88. The molecule has 100 valence electrons. The molecule has 4 aromatic rings. The second-order valence-electron chi connectivity index (χ2n) is 4.93. The van der Waals surface area contributed by atoms with Gasteiger partial charge in [-0.05, 0) is 24.3 Å². The van der Waals surface area contributed by atoms with E-state index in [1.165, 1.54) is 0 Å². The summed E-state index contributed by atoms with van der Waals surface area (Å²) in [6.45, 7) is 0. The summed E-state index contributed by atoms with van der Waals surface area (Å²) in [4.78, 5) is 17.2. The summed E-state index contributed by atoms with van der Waals surface area (Å²) in [5.41, 5.74) is 2.27. The molecule has 0 N–H and O–H groups in total. The Balaban J connectivity index is 1.95. The van der Waals surface area contributed by atoms with Gasteiger partial charge in [0.15, 0.2) is 0 Å². The van der Waals surface area contributed by atoms with E-state index in [2.05, 4.69) is 4.98 Å². The third-order valence-electron chi connectivity index (χ3n) is 3.68. The smallest absolute Gasteiger partial charge is 0.264 e. The highest BCUT2D eigenvalue weighted by Gasteiger charge is 2.14. The number of fused-ring (bicyclic) bond motifs is 2. The third kappa shape index (κ3) is 1.82. The van der Waals surface area contributed by atoms with Gasteiger partial charge in [0, 0.05) is 23.2 Å². The molecule has 0 atom stereocenters. The lowest BCUT2D eigenvalue weighted by Crippen LogP contribution is -2.11. The molecule has 0 aliphatic rings. The van der Waals surface area contributed by atoms with Gasteiger partial charge in [0.2, 0.25) is 0 Å². The molecular weight excluding hydrogens is 260 g/mol. The van der Waals surface area contributed by atoms with E-state index in [4.69, 9.17) is 0 Å². The first-order chi connectivity index (χ1) is 10.3. The summed E-state index contributed by atoms with van der Waals surface area (Å²) in [5, 5.41) is 2.03. The topological polar surface area (TPSA) is 34.9 Å². The first-order valence-corrected chi connectivity index (χ1v) is 6.79. The van der Waals surface area contributed by atoms with Gasteiger partial charge in [-0.2, -0.15) is 0 Å². The summed E-state index contributed by atoms with van der Waals surface area (Å²) in [5.74, 6) is -0.0551. The number of carbonyl (C=O) groups is 1. The number of pyridine rings is 1. The molecule has 0 bridgehead atoms. The van der Waals surface area contributed by atoms with Crippen molar-refractivity contribution in [1.29, 1.82) is 0 Å². The second kappa shape index (κ2) is 4.56. The number of carbonyl (C=O) groups excluding carboxylic acids is 1. The van der Waals surface area contributed by atoms with Crippen LogP contribution in [-0.4, -0.2) is 15.5 Å². The van der Waals surface area contributed by atoms with Gasteiger partial charge in [-0.1, -0.05) is 36.4 Å². The molecule has 0 unspecified atom stereocenters. The van der Waals surface area contributed by atoms with Crippen LogP contribution in [0.3, 0.4) is 0 Å². The van der Waals surface area contributed by atoms with E-state index >= 15 is 0 Å². The van der Waals surface area contributed by atoms with Crippen molar-refractivity contribution >= 4 is 27.7 Å². The molecule has 0 aliphatic heterocycles. The van der Waals surface area contributed by atoms with E-state index < -0.39 is 0 Å². The Morgan fingerprint density at radius 1 is 0.857 bits per heavy atom. The molecule has 2 aromatic carbocycles. The predicted molar refractivity (Wildman–Crippen MR) is 83.4 cm³/mol. The van der Waals surface area contributed by atoms with Crippen molar-refractivity contribution in [2.75, 3.05) is 0 Å². The average molecular weight is 272 g/mol. The fourth-order valence-electron chi connectivity index (χ4n) is 2.67. The zero-order chi connectivity index (χ0) is 14.2. The number of hydrogen-bond donors (Lipinski definition) is 0. The van der Waals surface area contributed by atoms with Crippen LogP contribution in [0.4, 0.5) is 0 Å². The van der Waals surface area contributed by atoms with Crippen LogP contribution in [0.15, 0.2) is 73.1 Å². The molecule has 21 heavy (non-hydrogen) atoms. The lowest BCUT2D eigenvalue weighted by molar-refractivity contribution is 0.0966. The summed E-state index contributed by atoms with van der Waals surface area (Å²) in [7, 11) is 0. The minimum absolute atomic E-state index is 0.0551. The van der Waals surface area contributed by atoms with E-state index in [9.17, 15) is 4.79 Å². The highest BCUT2D eigenvalue weighted by molar-refractivity contribution is 6.09. The van der Waals surface area contributed by atoms with Crippen LogP contribution in [0.1, 0.15) is 10.4 Å². The molecular formula is C18H12N2O. The average Bonchev–Trinajstić information content (AvgIpc) is 2.98. The van der Waals surface area contributed by atoms with E-state index in [1.807, 2.05) is 66.9 Å². The molecule has 3 nitrogen and oxygen atoms in total. The van der Waals surface area contributed by atoms with Crippen molar-refractivity contribution in [1.82, 2.24) is 9.55 Å². The SMILES string of the molecule is O=C(c1cccc2cccnc12)n1ccc2ccccc21. The van der Waals surface area contributed by atoms with Crippen LogP contribution in [-0.2, 0) is 0 Å². The monoisotopic (exact) mass is 272 g/mol. The van der Waals surface area contributed by atoms with Crippen LogP contribution < -0.4 is 0 Å². The van der Waals surface area contributed by atoms with Crippen LogP contribution in [0.5, 0.6) is 0 Å². The number of benzene rings is 2. The maximum absolute atomic E-state index is 12.9. The first-order valence-electron chi connectivity index (χ1n) is 6.79. The largest absolute Gasteiger partial charge is 0.283 e. The van der Waals surface area contributed by atoms with E-state index in [1.54, 1.807) is 10.8 Å². The minimum atomic E-state index is -0.0551. The van der Waals surface area contributed by atoms with Crippen molar-refractivity contribution in [3.8, 4) is 0 Å². The number of para-hydroxylation sites is 2. The number of hydrogen-bond acceptors (Lipinski definition) is 2. The van der Waals surface area contributed by atoms with Gasteiger partial charge in [0.1, 0.15) is 0 Å². The van der Waals surface area contributed by atoms with Gasteiger partial charge < -0.3 is 0 Å². The van der Waals surface area contributed by atoms with E-state index in [-0.39, 0.29) is 5.91 Å². The molecule has 2 aromatic heterocycles. The van der Waals surface area contributed by atoms with Gasteiger partial charge in [0.05, 0.1) is 16.6 Å². The Kier molecular flexibility index (Phi) is 2.57. The number of aromatic nitrogens is 2. The van der Waals surface area contributed by atoms with Gasteiger partial charge in [-0.15, -0.1) is 0 Å². The minimum Gasteiger partial charge on any atom is -0.283 e. The Labute approximate surface area is 121 Å². The normalized spacial score (nSPS) is 11.0. The van der Waals surface area contributed by atoms with Crippen molar-refractivity contribution in [2.45, 2.75) is 0 Å². The van der Waals surface area contributed by atoms with Gasteiger partial charge in [-0.25, -0.2) is 0 Å². The van der Waals surface area contributed by atoms with Crippen molar-refractivity contribution in [2.24, 2.45) is 0 Å². The van der Waals surface area contributed by atoms with Gasteiger partial charge in [0.25, 0.3) is 5.91 Å². The Hall–Kier alpha value is -2.94. The van der Waals surface area contributed by atoms with E-state index in [0.29, 0.717) is 5.56 Å². The van der Waals surface area contributed by atoms with Crippen LogP contribution in [0.25, 0.3) is 21.8 Å². The second-order valence-corrected chi connectivity index (χ2v) is 4.93. The summed E-state index contributed by atoms with van der Waals surface area (Å²) in [6.07, 6.45) is 3.53. The molecule has 0 saturated carbocycles. The third-order valence-corrected chi connectivity index (χ3v) is 3.68. The molecule has 0 aliphatic carbocycles. The maximum Gasteiger partial charge on any atom is 0.264 e. The molecule has 3 heteroatoms. The zero-order valence-electron chi connectivity index (χ0n) is 11.2. The highest BCUT2D eigenvalue weighted by atomic mass is 16.2. The summed E-state index contributed by atoms with van der Waals surface area (Å²) < 4.78 is 1.68. The molecule has 0 radical (unpaired) electrons. The fraction of sp³-hybridized carbons (Fsp3) is 0. The van der Waals surface area contributed by atoms with Gasteiger partial charge in [-0.3, -0.25) is 14.3 Å². The molecule has 0 amide bonds. The Morgan fingerprint density at radius 3 is 2.62 bits per heavy atom. The lowest BCUT2D eigenvalue weighted by atomic mass is 10.1. The Morgan fingerprint density at radius 2 is 1.67 bits per heavy atom. The zero-order valence-corrected chi connectivity index (χ0v) is 11.2. The molecule has 0 spiro atoms. The van der Waals surface area contributed by atoms with E-state index in [0.717, 1.165) is 21.8 Å². The fourth-order valence-corrected chi connectivity index (χ4v) is 2.67. The summed E-state index contributed by atoms with van der Waals surface area (Å²) in [6, 6.07) is 19.3. The van der Waals surface area contributed by atoms with Crippen LogP contribution >= 0.6 is 0 Å². The van der Waals surface area contributed by atoms with Crippen molar-refractivity contribution in [3.63, 3.8) is 0 Å². The quantitative estimate of drug-likeness (QED) is 0.527. The van der Waals surface area contributed by atoms with Crippen molar-refractivity contribution < 1.29 is 4.79 Å². The number of rotatable bonds is 1. The maximum atomic E-state index is 12.9.